The highest BCUT2D eigenvalue weighted by molar-refractivity contribution is 5.93. The maximum atomic E-state index is 13.1. The lowest BCUT2D eigenvalue weighted by Gasteiger charge is -2.25. The van der Waals surface area contributed by atoms with Crippen LogP contribution in [0.3, 0.4) is 0 Å². The van der Waals surface area contributed by atoms with Crippen LogP contribution in [-0.2, 0) is 12.1 Å². The predicted octanol–water partition coefficient (Wildman–Crippen LogP) is 1.53. The summed E-state index contributed by atoms with van der Waals surface area (Å²) in [5.41, 5.74) is 3.25. The molecule has 0 bridgehead atoms. The van der Waals surface area contributed by atoms with E-state index in [1.54, 1.807) is 24.3 Å². The van der Waals surface area contributed by atoms with Crippen LogP contribution in [-0.4, -0.2) is 42.4 Å². The van der Waals surface area contributed by atoms with Gasteiger partial charge in [0.15, 0.2) is 0 Å². The monoisotopic (exact) mass is 380 g/mol. The first kappa shape index (κ1) is 18.7. The lowest BCUT2D eigenvalue weighted by molar-refractivity contribution is -0.270. The van der Waals surface area contributed by atoms with Crippen molar-refractivity contribution in [3.8, 4) is 0 Å². The van der Waals surface area contributed by atoms with Gasteiger partial charge in [0.25, 0.3) is 5.91 Å². The Morgan fingerprint density at radius 1 is 1.26 bits per heavy atom. The molecule has 0 saturated carbocycles. The molecule has 3 rings (SSSR count). The van der Waals surface area contributed by atoms with Gasteiger partial charge in [-0.2, -0.15) is 18.0 Å². The van der Waals surface area contributed by atoms with Crippen molar-refractivity contribution in [1.29, 1.82) is 0 Å². The van der Waals surface area contributed by atoms with E-state index in [4.69, 9.17) is 5.73 Å². The van der Waals surface area contributed by atoms with Gasteiger partial charge in [-0.05, 0) is 29.3 Å². The molecule has 0 spiro atoms. The number of pyridine rings is 1. The molecule has 1 atom stereocenters. The quantitative estimate of drug-likeness (QED) is 0.693. The maximum Gasteiger partial charge on any atom is 0.424 e. The molecule has 0 aliphatic rings. The Labute approximate surface area is 150 Å². The Morgan fingerprint density at radius 3 is 2.59 bits per heavy atom. The van der Waals surface area contributed by atoms with E-state index in [1.165, 1.54) is 13.0 Å². The number of fused-ring (bicyclic) bond motifs is 1. The zero-order valence-electron chi connectivity index (χ0n) is 14.1. The minimum absolute atomic E-state index is 0.00305. The lowest BCUT2D eigenvalue weighted by atomic mass is 10.00. The molecule has 0 aliphatic heterocycles. The van der Waals surface area contributed by atoms with Crippen molar-refractivity contribution in [2.24, 2.45) is 5.73 Å². The van der Waals surface area contributed by atoms with Gasteiger partial charge < -0.3 is 10.8 Å². The number of primary amides is 1. The second-order valence-electron chi connectivity index (χ2n) is 5.94. The topological polar surface area (TPSA) is 120 Å². The third-order valence-electron chi connectivity index (χ3n) is 4.14. The van der Waals surface area contributed by atoms with E-state index in [0.29, 0.717) is 11.1 Å². The van der Waals surface area contributed by atoms with Crippen LogP contribution in [0.4, 0.5) is 13.2 Å². The van der Waals surface area contributed by atoms with Gasteiger partial charge in [0.2, 0.25) is 11.4 Å². The van der Waals surface area contributed by atoms with Gasteiger partial charge in [0, 0.05) is 5.39 Å². The molecular formula is C16H15F3N6O2. The first-order chi connectivity index (χ1) is 12.6. The summed E-state index contributed by atoms with van der Waals surface area (Å²) in [4.78, 5) is 16.3. The molecule has 0 fully saturated rings. The molecular weight excluding hydrogens is 365 g/mol. The Bertz CT molecular complexity index is 1000. The largest absolute Gasteiger partial charge is 0.424 e. The molecule has 3 N–H and O–H groups in total. The van der Waals surface area contributed by atoms with Crippen LogP contribution in [0.5, 0.6) is 0 Å². The number of tetrazole rings is 1. The fourth-order valence-electron chi connectivity index (χ4n) is 2.52. The van der Waals surface area contributed by atoms with Crippen molar-refractivity contribution >= 4 is 16.8 Å². The second-order valence-corrected chi connectivity index (χ2v) is 5.94. The van der Waals surface area contributed by atoms with E-state index in [0.717, 1.165) is 10.2 Å². The molecule has 142 valence electrons. The molecule has 2 aromatic heterocycles. The highest BCUT2D eigenvalue weighted by Crippen LogP contribution is 2.39. The number of rotatable bonds is 5. The Morgan fingerprint density at radius 2 is 1.96 bits per heavy atom. The number of hydrogen-bond acceptors (Lipinski definition) is 6. The standard InChI is InChI=1S/C16H15F3N6O2/c1-2-15(27,16(17,18)19)14-22-24-25(23-14)8-9-3-4-10-5-6-11(13(20)26)21-12(10)7-9/h3-7,27H,2,8H2,1H3,(H2,20,26). The molecule has 1 amide bonds. The van der Waals surface area contributed by atoms with Gasteiger partial charge in [-0.3, -0.25) is 4.79 Å². The molecule has 1 unspecified atom stereocenters. The zero-order chi connectivity index (χ0) is 19.8. The Hall–Kier alpha value is -3.08. The molecule has 0 radical (unpaired) electrons. The number of alkyl halides is 3. The molecule has 11 heteroatoms. The lowest BCUT2D eigenvalue weighted by Crippen LogP contribution is -2.42. The number of aliphatic hydroxyl groups is 1. The van der Waals surface area contributed by atoms with Gasteiger partial charge in [0.1, 0.15) is 5.69 Å². The second kappa shape index (κ2) is 6.58. The molecule has 8 nitrogen and oxygen atoms in total. The van der Waals surface area contributed by atoms with Gasteiger partial charge in [-0.1, -0.05) is 25.1 Å². The van der Waals surface area contributed by atoms with Crippen LogP contribution in [0.25, 0.3) is 10.9 Å². The van der Waals surface area contributed by atoms with Crippen LogP contribution >= 0.6 is 0 Å². The van der Waals surface area contributed by atoms with Gasteiger partial charge >= 0.3 is 6.18 Å². The number of aromatic nitrogens is 5. The highest BCUT2D eigenvalue weighted by atomic mass is 19.4. The molecule has 3 aromatic rings. The molecule has 0 saturated heterocycles. The number of carbonyl (C=O) groups excluding carboxylic acids is 1. The van der Waals surface area contributed by atoms with E-state index in [9.17, 15) is 23.1 Å². The number of hydrogen-bond donors (Lipinski definition) is 2. The van der Waals surface area contributed by atoms with Crippen LogP contribution in [0.1, 0.15) is 35.2 Å². The number of amides is 1. The van der Waals surface area contributed by atoms with Gasteiger partial charge in [0.05, 0.1) is 12.1 Å². The molecule has 1 aromatic carbocycles. The summed E-state index contributed by atoms with van der Waals surface area (Å²) < 4.78 is 39.3. The third kappa shape index (κ3) is 3.45. The van der Waals surface area contributed by atoms with E-state index < -0.39 is 29.9 Å². The number of nitrogens with zero attached hydrogens (tertiary/aromatic N) is 5. The number of halogens is 3. The number of nitrogens with two attached hydrogens (primary N) is 1. The van der Waals surface area contributed by atoms with Crippen molar-refractivity contribution in [2.75, 3.05) is 0 Å². The summed E-state index contributed by atoms with van der Waals surface area (Å²) in [7, 11) is 0. The average Bonchev–Trinajstić information content (AvgIpc) is 3.08. The average molecular weight is 380 g/mol. The normalized spacial score (nSPS) is 14.3. The van der Waals surface area contributed by atoms with E-state index in [2.05, 4.69) is 20.4 Å². The minimum atomic E-state index is -4.92. The van der Waals surface area contributed by atoms with Gasteiger partial charge in [-0.25, -0.2) is 4.98 Å². The summed E-state index contributed by atoms with van der Waals surface area (Å²) in [6, 6.07) is 8.27. The third-order valence-corrected chi connectivity index (χ3v) is 4.14. The van der Waals surface area contributed by atoms with Crippen molar-refractivity contribution in [1.82, 2.24) is 25.2 Å². The Kier molecular flexibility index (Phi) is 4.56. The highest BCUT2D eigenvalue weighted by Gasteiger charge is 2.56. The van der Waals surface area contributed by atoms with Crippen molar-refractivity contribution in [2.45, 2.75) is 31.7 Å². The summed E-state index contributed by atoms with van der Waals surface area (Å²) >= 11 is 0. The van der Waals surface area contributed by atoms with Crippen LogP contribution in [0.15, 0.2) is 30.3 Å². The summed E-state index contributed by atoms with van der Waals surface area (Å²) in [5, 5.41) is 21.2. The predicted molar refractivity (Wildman–Crippen MR) is 87.4 cm³/mol. The first-order valence-electron chi connectivity index (χ1n) is 7.91. The SMILES string of the molecule is CCC(O)(c1nnn(Cc2ccc3ccc(C(N)=O)nc3c2)n1)C(F)(F)F. The van der Waals surface area contributed by atoms with Crippen LogP contribution in [0, 0.1) is 0 Å². The number of benzene rings is 1. The first-order valence-corrected chi connectivity index (χ1v) is 7.91. The smallest absolute Gasteiger partial charge is 0.374 e. The van der Waals surface area contributed by atoms with E-state index in [-0.39, 0.29) is 12.2 Å². The fraction of sp³-hybridized carbons (Fsp3) is 0.312. The van der Waals surface area contributed by atoms with Crippen LogP contribution in [0.2, 0.25) is 0 Å². The van der Waals surface area contributed by atoms with Crippen molar-refractivity contribution in [3.63, 3.8) is 0 Å². The maximum absolute atomic E-state index is 13.1. The summed E-state index contributed by atoms with van der Waals surface area (Å²) in [6.45, 7) is 1.18. The molecule has 2 heterocycles. The van der Waals surface area contributed by atoms with Crippen LogP contribution < -0.4 is 5.73 Å². The number of carbonyl (C=O) groups is 1. The van der Waals surface area contributed by atoms with Crippen molar-refractivity contribution < 1.29 is 23.1 Å². The zero-order valence-corrected chi connectivity index (χ0v) is 14.1. The van der Waals surface area contributed by atoms with E-state index >= 15 is 0 Å². The fourth-order valence-corrected chi connectivity index (χ4v) is 2.52. The molecule has 0 aliphatic carbocycles. The Balaban J connectivity index is 1.90. The van der Waals surface area contributed by atoms with E-state index in [1.807, 2.05) is 0 Å². The minimum Gasteiger partial charge on any atom is -0.374 e. The van der Waals surface area contributed by atoms with Crippen molar-refractivity contribution in [3.05, 3.63) is 47.4 Å². The summed E-state index contributed by atoms with van der Waals surface area (Å²) in [6.07, 6.45) is -5.56. The molecule has 27 heavy (non-hydrogen) atoms. The summed E-state index contributed by atoms with van der Waals surface area (Å²) in [5.74, 6) is -1.48. The van der Waals surface area contributed by atoms with Gasteiger partial charge in [-0.15, -0.1) is 10.2 Å².